The lowest BCUT2D eigenvalue weighted by molar-refractivity contribution is -0.133. The van der Waals surface area contributed by atoms with Gasteiger partial charge in [0.1, 0.15) is 5.75 Å². The molecule has 1 amide bonds. The molecule has 0 aliphatic carbocycles. The Morgan fingerprint density at radius 2 is 1.71 bits per heavy atom. The van der Waals surface area contributed by atoms with Crippen molar-refractivity contribution < 1.29 is 9.53 Å². The minimum absolute atomic E-state index is 0.0435. The quantitative estimate of drug-likeness (QED) is 0.837. The fourth-order valence-corrected chi connectivity index (χ4v) is 2.69. The van der Waals surface area contributed by atoms with Crippen molar-refractivity contribution in [1.82, 2.24) is 9.80 Å². The number of anilines is 1. The molecule has 5 heteroatoms. The Bertz CT molecular complexity index is 465. The zero-order chi connectivity index (χ0) is 15.4. The van der Waals surface area contributed by atoms with Crippen LogP contribution in [0, 0.1) is 0 Å². The molecule has 0 bridgehead atoms. The summed E-state index contributed by atoms with van der Waals surface area (Å²) in [6.07, 6.45) is 0. The molecule has 0 spiro atoms. The van der Waals surface area contributed by atoms with Gasteiger partial charge in [-0.15, -0.1) is 0 Å². The number of carbonyl (C=O) groups is 1. The number of hydrogen-bond acceptors (Lipinski definition) is 4. The van der Waals surface area contributed by atoms with Crippen LogP contribution in [0.25, 0.3) is 0 Å². The van der Waals surface area contributed by atoms with E-state index in [-0.39, 0.29) is 11.9 Å². The molecule has 1 heterocycles. The van der Waals surface area contributed by atoms with Crippen LogP contribution < -0.4 is 9.64 Å². The molecule has 0 radical (unpaired) electrons. The fraction of sp³-hybridized carbons (Fsp3) is 0.562. The Balaban J connectivity index is 1.92. The largest absolute Gasteiger partial charge is 0.497 e. The standard InChI is InChI=1S/C16H25N3O2/c1-13(16(20)17(2)3)18-9-11-19(12-10-18)14-5-7-15(21-4)8-6-14/h5-8,13H,9-12H2,1-4H3. The summed E-state index contributed by atoms with van der Waals surface area (Å²) in [7, 11) is 5.30. The van der Waals surface area contributed by atoms with Gasteiger partial charge in [0, 0.05) is 46.0 Å². The number of rotatable bonds is 4. The molecule has 0 saturated carbocycles. The van der Waals surface area contributed by atoms with Crippen LogP contribution in [0.4, 0.5) is 5.69 Å². The Labute approximate surface area is 127 Å². The third kappa shape index (κ3) is 3.67. The predicted molar refractivity (Wildman–Crippen MR) is 84.9 cm³/mol. The zero-order valence-corrected chi connectivity index (χ0v) is 13.4. The van der Waals surface area contributed by atoms with Gasteiger partial charge < -0.3 is 14.5 Å². The molecular formula is C16H25N3O2. The monoisotopic (exact) mass is 291 g/mol. The van der Waals surface area contributed by atoms with E-state index in [4.69, 9.17) is 4.74 Å². The van der Waals surface area contributed by atoms with E-state index in [2.05, 4.69) is 21.9 Å². The van der Waals surface area contributed by atoms with Crippen molar-refractivity contribution in [1.29, 1.82) is 0 Å². The minimum Gasteiger partial charge on any atom is -0.497 e. The lowest BCUT2D eigenvalue weighted by Gasteiger charge is -2.39. The van der Waals surface area contributed by atoms with Gasteiger partial charge in [-0.2, -0.15) is 0 Å². The Morgan fingerprint density at radius 3 is 2.19 bits per heavy atom. The van der Waals surface area contributed by atoms with Crippen molar-refractivity contribution in [2.45, 2.75) is 13.0 Å². The molecule has 5 nitrogen and oxygen atoms in total. The van der Waals surface area contributed by atoms with Gasteiger partial charge in [-0.3, -0.25) is 9.69 Å². The summed E-state index contributed by atoms with van der Waals surface area (Å²) in [6.45, 7) is 5.69. The second-order valence-corrected chi connectivity index (χ2v) is 5.63. The number of nitrogens with zero attached hydrogens (tertiary/aromatic N) is 3. The van der Waals surface area contributed by atoms with E-state index in [1.54, 1.807) is 12.0 Å². The second kappa shape index (κ2) is 6.80. The van der Waals surface area contributed by atoms with E-state index in [1.165, 1.54) is 5.69 Å². The van der Waals surface area contributed by atoms with E-state index < -0.39 is 0 Å². The average Bonchev–Trinajstić information content (AvgIpc) is 2.53. The maximum atomic E-state index is 12.0. The van der Waals surface area contributed by atoms with Crippen LogP contribution in [0.3, 0.4) is 0 Å². The third-order valence-electron chi connectivity index (χ3n) is 4.10. The van der Waals surface area contributed by atoms with Crippen LogP contribution in [-0.4, -0.2) is 69.1 Å². The lowest BCUT2D eigenvalue weighted by atomic mass is 10.2. The molecule has 0 N–H and O–H groups in total. The molecule has 1 unspecified atom stereocenters. The van der Waals surface area contributed by atoms with Gasteiger partial charge in [-0.1, -0.05) is 0 Å². The topological polar surface area (TPSA) is 36.0 Å². The van der Waals surface area contributed by atoms with Crippen molar-refractivity contribution >= 4 is 11.6 Å². The number of methoxy groups -OCH3 is 1. The summed E-state index contributed by atoms with van der Waals surface area (Å²) in [5.41, 5.74) is 1.21. The SMILES string of the molecule is COc1ccc(N2CCN(C(C)C(=O)N(C)C)CC2)cc1. The number of carbonyl (C=O) groups excluding carboxylic acids is 1. The lowest BCUT2D eigenvalue weighted by Crippen LogP contribution is -2.53. The molecule has 1 atom stereocenters. The van der Waals surface area contributed by atoms with Crippen LogP contribution in [0.15, 0.2) is 24.3 Å². The van der Waals surface area contributed by atoms with Gasteiger partial charge in [-0.05, 0) is 31.2 Å². The van der Waals surface area contributed by atoms with Gasteiger partial charge in [0.2, 0.25) is 5.91 Å². The third-order valence-corrected chi connectivity index (χ3v) is 4.10. The molecule has 0 aromatic heterocycles. The van der Waals surface area contributed by atoms with E-state index in [9.17, 15) is 4.79 Å². The summed E-state index contributed by atoms with van der Waals surface area (Å²) in [5, 5.41) is 0. The highest BCUT2D eigenvalue weighted by atomic mass is 16.5. The fourth-order valence-electron chi connectivity index (χ4n) is 2.69. The maximum absolute atomic E-state index is 12.0. The number of amides is 1. The Morgan fingerprint density at radius 1 is 1.14 bits per heavy atom. The van der Waals surface area contributed by atoms with Crippen LogP contribution in [-0.2, 0) is 4.79 Å². The van der Waals surface area contributed by atoms with Gasteiger partial charge in [0.15, 0.2) is 0 Å². The number of hydrogen-bond donors (Lipinski definition) is 0. The van der Waals surface area contributed by atoms with Crippen molar-refractivity contribution in [2.75, 3.05) is 52.3 Å². The predicted octanol–water partition coefficient (Wildman–Crippen LogP) is 1.29. The first-order valence-corrected chi connectivity index (χ1v) is 7.37. The normalized spacial score (nSPS) is 17.4. The van der Waals surface area contributed by atoms with E-state index >= 15 is 0 Å². The summed E-state index contributed by atoms with van der Waals surface area (Å²) in [6, 6.07) is 8.10. The minimum atomic E-state index is -0.0435. The number of piperazine rings is 1. The highest BCUT2D eigenvalue weighted by molar-refractivity contribution is 5.81. The summed E-state index contributed by atoms with van der Waals surface area (Å²) < 4.78 is 5.18. The maximum Gasteiger partial charge on any atom is 0.239 e. The highest BCUT2D eigenvalue weighted by Crippen LogP contribution is 2.21. The first-order valence-electron chi connectivity index (χ1n) is 7.37. The van der Waals surface area contributed by atoms with Crippen molar-refractivity contribution in [2.24, 2.45) is 0 Å². The van der Waals surface area contributed by atoms with Crippen molar-refractivity contribution in [3.05, 3.63) is 24.3 Å². The molecule has 2 rings (SSSR count). The van der Waals surface area contributed by atoms with Gasteiger partial charge in [0.05, 0.1) is 13.2 Å². The highest BCUT2D eigenvalue weighted by Gasteiger charge is 2.26. The van der Waals surface area contributed by atoms with Crippen molar-refractivity contribution in [3.63, 3.8) is 0 Å². The molecule has 1 saturated heterocycles. The van der Waals surface area contributed by atoms with E-state index in [0.29, 0.717) is 0 Å². The van der Waals surface area contributed by atoms with E-state index in [0.717, 1.165) is 31.9 Å². The van der Waals surface area contributed by atoms with Gasteiger partial charge in [-0.25, -0.2) is 0 Å². The number of benzene rings is 1. The Hall–Kier alpha value is -1.75. The molecular weight excluding hydrogens is 266 g/mol. The number of ether oxygens (including phenoxy) is 1. The Kier molecular flexibility index (Phi) is 5.07. The first kappa shape index (κ1) is 15.6. The molecule has 116 valence electrons. The molecule has 1 fully saturated rings. The number of likely N-dealkylation sites (N-methyl/N-ethyl adjacent to an activating group) is 1. The molecule has 1 aromatic carbocycles. The van der Waals surface area contributed by atoms with Gasteiger partial charge >= 0.3 is 0 Å². The van der Waals surface area contributed by atoms with Gasteiger partial charge in [0.25, 0.3) is 0 Å². The van der Waals surface area contributed by atoms with Crippen LogP contribution in [0.1, 0.15) is 6.92 Å². The first-order chi connectivity index (χ1) is 10.0. The van der Waals surface area contributed by atoms with Crippen LogP contribution >= 0.6 is 0 Å². The van der Waals surface area contributed by atoms with Crippen LogP contribution in [0.2, 0.25) is 0 Å². The molecule has 21 heavy (non-hydrogen) atoms. The average molecular weight is 291 g/mol. The van der Waals surface area contributed by atoms with Crippen LogP contribution in [0.5, 0.6) is 5.75 Å². The van der Waals surface area contributed by atoms with Crippen molar-refractivity contribution in [3.8, 4) is 5.75 Å². The smallest absolute Gasteiger partial charge is 0.239 e. The summed E-state index contributed by atoms with van der Waals surface area (Å²) in [4.78, 5) is 18.3. The second-order valence-electron chi connectivity index (χ2n) is 5.63. The molecule has 1 aliphatic rings. The molecule has 1 aromatic rings. The van der Waals surface area contributed by atoms with E-state index in [1.807, 2.05) is 33.2 Å². The summed E-state index contributed by atoms with van der Waals surface area (Å²) >= 11 is 0. The zero-order valence-electron chi connectivity index (χ0n) is 13.4. The summed E-state index contributed by atoms with van der Waals surface area (Å²) in [5.74, 6) is 1.05. The molecule has 1 aliphatic heterocycles.